The standard InChI is InChI=1S/C26H22Cl3N3O2S/c1-26(2)10-18-21(19(33)11-26)20(13-7-8-16(28)17(29)9-13)22-23(30-18)31-25(32-24(22)34)35-12-14-5-3-4-6-15(14)27/h3-9,20H,10-12H2,1-2H3,(H2,30,31,32,34). The van der Waals surface area contributed by atoms with Crippen LogP contribution in [0.1, 0.15) is 49.3 Å². The van der Waals surface area contributed by atoms with E-state index >= 15 is 0 Å². The van der Waals surface area contributed by atoms with Crippen LogP contribution in [0.5, 0.6) is 0 Å². The molecule has 0 saturated carbocycles. The molecule has 35 heavy (non-hydrogen) atoms. The highest BCUT2D eigenvalue weighted by atomic mass is 35.5. The summed E-state index contributed by atoms with van der Waals surface area (Å²) in [5.74, 6) is 0.438. The summed E-state index contributed by atoms with van der Waals surface area (Å²) < 4.78 is 0. The number of allylic oxidation sites excluding steroid dienone is 2. The molecule has 0 bridgehead atoms. The predicted octanol–water partition coefficient (Wildman–Crippen LogP) is 7.22. The minimum atomic E-state index is -0.585. The molecule has 2 aliphatic rings. The first kappa shape index (κ1) is 24.4. The SMILES string of the molecule is CC1(C)CC(=O)C2=C(C1)Nc1nc(SCc3ccccc3Cl)[nH]c(=O)c1C2c1ccc(Cl)c(Cl)c1. The van der Waals surface area contributed by atoms with Crippen LogP contribution in [0.3, 0.4) is 0 Å². The van der Waals surface area contributed by atoms with E-state index in [1.807, 2.05) is 30.3 Å². The lowest BCUT2D eigenvalue weighted by Gasteiger charge is -2.38. The number of H-pyrrole nitrogens is 1. The van der Waals surface area contributed by atoms with Crippen molar-refractivity contribution < 1.29 is 4.79 Å². The fourth-order valence-corrected chi connectivity index (χ4v) is 6.20. The Morgan fingerprint density at radius 1 is 1.03 bits per heavy atom. The number of thioether (sulfide) groups is 1. The maximum Gasteiger partial charge on any atom is 0.257 e. The van der Waals surface area contributed by atoms with Gasteiger partial charge in [0.05, 0.1) is 15.6 Å². The smallest absolute Gasteiger partial charge is 0.257 e. The Hall–Kier alpha value is -2.25. The molecule has 2 N–H and O–H groups in total. The van der Waals surface area contributed by atoms with Gasteiger partial charge in [0.2, 0.25) is 0 Å². The number of aromatic nitrogens is 2. The summed E-state index contributed by atoms with van der Waals surface area (Å²) in [4.78, 5) is 34.4. The van der Waals surface area contributed by atoms with Gasteiger partial charge < -0.3 is 10.3 Å². The van der Waals surface area contributed by atoms with Crippen molar-refractivity contribution in [1.29, 1.82) is 0 Å². The maximum absolute atomic E-state index is 13.4. The average Bonchev–Trinajstić information content (AvgIpc) is 2.78. The van der Waals surface area contributed by atoms with Gasteiger partial charge >= 0.3 is 0 Å². The van der Waals surface area contributed by atoms with E-state index in [9.17, 15) is 9.59 Å². The third-order valence-electron chi connectivity index (χ3n) is 6.30. The van der Waals surface area contributed by atoms with Crippen molar-refractivity contribution in [3.05, 3.63) is 95.8 Å². The van der Waals surface area contributed by atoms with Gasteiger partial charge in [0.15, 0.2) is 10.9 Å². The molecule has 2 aromatic carbocycles. The van der Waals surface area contributed by atoms with Crippen molar-refractivity contribution in [2.45, 2.75) is 43.5 Å². The van der Waals surface area contributed by atoms with Gasteiger partial charge in [0, 0.05) is 34.4 Å². The van der Waals surface area contributed by atoms with Gasteiger partial charge in [-0.2, -0.15) is 0 Å². The number of hydrogen-bond acceptors (Lipinski definition) is 5. The Bertz CT molecular complexity index is 1450. The fourth-order valence-electron chi connectivity index (χ4n) is 4.75. The van der Waals surface area contributed by atoms with Gasteiger partial charge in [-0.3, -0.25) is 9.59 Å². The van der Waals surface area contributed by atoms with E-state index in [4.69, 9.17) is 39.8 Å². The molecule has 9 heteroatoms. The molecule has 0 spiro atoms. The summed E-state index contributed by atoms with van der Waals surface area (Å²) in [6.07, 6.45) is 1.07. The quantitative estimate of drug-likeness (QED) is 0.267. The van der Waals surface area contributed by atoms with Crippen LogP contribution in [-0.2, 0) is 10.5 Å². The van der Waals surface area contributed by atoms with Crippen molar-refractivity contribution in [1.82, 2.24) is 9.97 Å². The van der Waals surface area contributed by atoms with Crippen LogP contribution >= 0.6 is 46.6 Å². The van der Waals surface area contributed by atoms with Crippen LogP contribution in [0, 0.1) is 5.41 Å². The molecule has 5 nitrogen and oxygen atoms in total. The number of carbonyl (C=O) groups excluding carboxylic acids is 1. The van der Waals surface area contributed by atoms with Gasteiger partial charge in [-0.25, -0.2) is 4.98 Å². The highest BCUT2D eigenvalue weighted by molar-refractivity contribution is 7.98. The highest BCUT2D eigenvalue weighted by Gasteiger charge is 2.42. The molecule has 0 saturated heterocycles. The summed E-state index contributed by atoms with van der Waals surface area (Å²) >= 11 is 20.2. The van der Waals surface area contributed by atoms with E-state index in [0.717, 1.165) is 16.8 Å². The molecule has 1 unspecified atom stereocenters. The van der Waals surface area contributed by atoms with E-state index in [2.05, 4.69) is 24.1 Å². The number of anilines is 1. The number of nitrogens with one attached hydrogen (secondary N) is 2. The van der Waals surface area contributed by atoms with Gasteiger partial charge in [0.1, 0.15) is 5.82 Å². The lowest BCUT2D eigenvalue weighted by Crippen LogP contribution is -2.37. The monoisotopic (exact) mass is 545 g/mol. The number of benzene rings is 2. The normalized spacial score (nSPS) is 18.7. The molecule has 0 radical (unpaired) electrons. The van der Waals surface area contributed by atoms with Crippen LogP contribution in [0.2, 0.25) is 15.1 Å². The van der Waals surface area contributed by atoms with Crippen molar-refractivity contribution in [2.24, 2.45) is 5.41 Å². The number of hydrogen-bond donors (Lipinski definition) is 2. The zero-order valence-electron chi connectivity index (χ0n) is 19.0. The number of Topliss-reactive ketones (excluding diaryl/α,β-unsaturated/α-hetero) is 1. The summed E-state index contributed by atoms with van der Waals surface area (Å²) in [7, 11) is 0. The minimum absolute atomic E-state index is 0.0158. The first-order chi connectivity index (χ1) is 16.6. The highest BCUT2D eigenvalue weighted by Crippen LogP contribution is 2.48. The van der Waals surface area contributed by atoms with Crippen LogP contribution in [-0.4, -0.2) is 15.8 Å². The number of carbonyl (C=O) groups is 1. The Labute approximate surface area is 222 Å². The zero-order valence-corrected chi connectivity index (χ0v) is 22.1. The molecular weight excluding hydrogens is 525 g/mol. The lowest BCUT2D eigenvalue weighted by atomic mass is 9.69. The summed E-state index contributed by atoms with van der Waals surface area (Å²) in [6.45, 7) is 4.13. The molecule has 1 aliphatic heterocycles. The number of aromatic amines is 1. The Morgan fingerprint density at radius 3 is 2.54 bits per heavy atom. The summed E-state index contributed by atoms with van der Waals surface area (Å²) in [5, 5.41) is 5.24. The molecule has 3 aromatic rings. The van der Waals surface area contributed by atoms with E-state index in [-0.39, 0.29) is 16.8 Å². The van der Waals surface area contributed by atoms with Crippen molar-refractivity contribution >= 4 is 58.2 Å². The molecule has 1 atom stereocenters. The topological polar surface area (TPSA) is 74.8 Å². The summed E-state index contributed by atoms with van der Waals surface area (Å²) in [6, 6.07) is 12.8. The average molecular weight is 547 g/mol. The number of rotatable bonds is 4. The maximum atomic E-state index is 13.4. The van der Waals surface area contributed by atoms with E-state index < -0.39 is 5.92 Å². The van der Waals surface area contributed by atoms with Gasteiger partial charge in [-0.1, -0.05) is 84.7 Å². The molecule has 5 rings (SSSR count). The third-order valence-corrected chi connectivity index (χ3v) is 8.33. The van der Waals surface area contributed by atoms with Crippen LogP contribution in [0.4, 0.5) is 5.82 Å². The number of nitrogens with zero attached hydrogens (tertiary/aromatic N) is 1. The Morgan fingerprint density at radius 2 is 1.80 bits per heavy atom. The second-order valence-electron chi connectivity index (χ2n) is 9.58. The van der Waals surface area contributed by atoms with Crippen LogP contribution < -0.4 is 10.9 Å². The second kappa shape index (κ2) is 9.32. The van der Waals surface area contributed by atoms with Gasteiger partial charge in [-0.05, 0) is 41.2 Å². The second-order valence-corrected chi connectivity index (χ2v) is 11.8. The molecule has 0 amide bonds. The lowest BCUT2D eigenvalue weighted by molar-refractivity contribution is -0.118. The molecule has 0 fully saturated rings. The number of ketones is 1. The molecule has 1 aromatic heterocycles. The first-order valence-corrected chi connectivity index (χ1v) is 13.2. The predicted molar refractivity (Wildman–Crippen MR) is 143 cm³/mol. The molecular formula is C26H22Cl3N3O2S. The molecule has 1 aliphatic carbocycles. The van der Waals surface area contributed by atoms with E-state index in [1.54, 1.807) is 12.1 Å². The van der Waals surface area contributed by atoms with Crippen molar-refractivity contribution in [3.8, 4) is 0 Å². The van der Waals surface area contributed by atoms with Gasteiger partial charge in [-0.15, -0.1) is 0 Å². The van der Waals surface area contributed by atoms with Crippen LogP contribution in [0.25, 0.3) is 0 Å². The third kappa shape index (κ3) is 4.77. The van der Waals surface area contributed by atoms with Crippen LogP contribution in [0.15, 0.2) is 63.7 Å². The first-order valence-electron chi connectivity index (χ1n) is 11.1. The Balaban J connectivity index is 1.60. The van der Waals surface area contributed by atoms with Crippen molar-refractivity contribution in [2.75, 3.05) is 5.32 Å². The largest absolute Gasteiger partial charge is 0.343 e. The molecule has 180 valence electrons. The van der Waals surface area contributed by atoms with Gasteiger partial charge in [0.25, 0.3) is 5.56 Å². The number of fused-ring (bicyclic) bond motifs is 1. The van der Waals surface area contributed by atoms with E-state index in [0.29, 0.717) is 55.8 Å². The van der Waals surface area contributed by atoms with E-state index in [1.165, 1.54) is 11.8 Å². The minimum Gasteiger partial charge on any atom is -0.343 e. The van der Waals surface area contributed by atoms with Crippen molar-refractivity contribution in [3.63, 3.8) is 0 Å². The molecule has 2 heterocycles. The zero-order chi connectivity index (χ0) is 24.9. The fraction of sp³-hybridized carbons (Fsp3) is 0.269. The summed E-state index contributed by atoms with van der Waals surface area (Å²) in [5.41, 5.74) is 2.97. The number of halogens is 3. The Kier molecular flexibility index (Phi) is 6.51.